The number of rotatable bonds is 2. The Balaban J connectivity index is 2.00. The molecule has 5 heteroatoms. The van der Waals surface area contributed by atoms with Crippen LogP contribution in [0.3, 0.4) is 0 Å². The highest BCUT2D eigenvalue weighted by Gasteiger charge is 2.17. The summed E-state index contributed by atoms with van der Waals surface area (Å²) in [5, 5.41) is 4.61. The van der Waals surface area contributed by atoms with E-state index in [1.165, 1.54) is 5.56 Å². The number of pyridine rings is 1. The fourth-order valence-electron chi connectivity index (χ4n) is 2.48. The number of aryl methyl sites for hydroxylation is 1. The van der Waals surface area contributed by atoms with Crippen LogP contribution in [0.4, 0.5) is 5.88 Å². The van der Waals surface area contributed by atoms with Crippen LogP contribution in [-0.2, 0) is 0 Å². The number of hydrogen-bond acceptors (Lipinski definition) is 5. The van der Waals surface area contributed by atoms with Gasteiger partial charge >= 0.3 is 0 Å². The normalized spacial score (nSPS) is 11.1. The van der Waals surface area contributed by atoms with E-state index >= 15 is 0 Å². The van der Waals surface area contributed by atoms with E-state index < -0.39 is 0 Å². The molecule has 22 heavy (non-hydrogen) atoms. The predicted octanol–water partition coefficient (Wildman–Crippen LogP) is 4.04. The average molecular weight is 291 g/mol. The Morgan fingerprint density at radius 2 is 1.91 bits per heavy atom. The number of fused-ring (bicyclic) bond motifs is 1. The van der Waals surface area contributed by atoms with E-state index in [2.05, 4.69) is 10.1 Å². The second-order valence-electron chi connectivity index (χ2n) is 5.14. The number of anilines is 1. The van der Waals surface area contributed by atoms with Crippen molar-refractivity contribution in [2.45, 2.75) is 6.92 Å². The molecular weight excluding hydrogens is 278 g/mol. The lowest BCUT2D eigenvalue weighted by Crippen LogP contribution is -1.90. The second-order valence-corrected chi connectivity index (χ2v) is 5.14. The average Bonchev–Trinajstić information content (AvgIpc) is 3.18. The SMILES string of the molecule is Cc1ccc(-c2cc(-c3ccco3)c3c(N)onc3n2)cc1. The predicted molar refractivity (Wildman–Crippen MR) is 84.1 cm³/mol. The number of hydrogen-bond donors (Lipinski definition) is 1. The van der Waals surface area contributed by atoms with Gasteiger partial charge in [0.2, 0.25) is 11.5 Å². The minimum absolute atomic E-state index is 0.240. The van der Waals surface area contributed by atoms with Crippen molar-refractivity contribution in [1.82, 2.24) is 10.1 Å². The van der Waals surface area contributed by atoms with Gasteiger partial charge in [0, 0.05) is 11.1 Å². The molecule has 4 aromatic rings. The van der Waals surface area contributed by atoms with Crippen molar-refractivity contribution in [1.29, 1.82) is 0 Å². The fourth-order valence-corrected chi connectivity index (χ4v) is 2.48. The van der Waals surface area contributed by atoms with Gasteiger partial charge in [-0.25, -0.2) is 4.98 Å². The topological polar surface area (TPSA) is 78.1 Å². The second kappa shape index (κ2) is 4.73. The number of nitrogens with zero attached hydrogens (tertiary/aromatic N) is 2. The van der Waals surface area contributed by atoms with Crippen molar-refractivity contribution in [3.63, 3.8) is 0 Å². The summed E-state index contributed by atoms with van der Waals surface area (Å²) in [6.07, 6.45) is 1.62. The lowest BCUT2D eigenvalue weighted by Gasteiger charge is -2.05. The lowest BCUT2D eigenvalue weighted by molar-refractivity contribution is 0.443. The summed E-state index contributed by atoms with van der Waals surface area (Å²) in [6, 6.07) is 13.8. The van der Waals surface area contributed by atoms with Gasteiger partial charge in [-0.1, -0.05) is 35.0 Å². The molecule has 3 heterocycles. The zero-order valence-corrected chi connectivity index (χ0v) is 11.9. The summed E-state index contributed by atoms with van der Waals surface area (Å²) in [6.45, 7) is 2.05. The molecule has 0 saturated heterocycles. The van der Waals surface area contributed by atoms with Crippen LogP contribution >= 0.6 is 0 Å². The summed E-state index contributed by atoms with van der Waals surface area (Å²) in [7, 11) is 0. The Kier molecular flexibility index (Phi) is 2.72. The maximum Gasteiger partial charge on any atom is 0.232 e. The molecule has 0 amide bonds. The van der Waals surface area contributed by atoms with Crippen LogP contribution in [0.15, 0.2) is 57.7 Å². The maximum absolute atomic E-state index is 5.88. The smallest absolute Gasteiger partial charge is 0.232 e. The number of furan rings is 1. The van der Waals surface area contributed by atoms with Gasteiger partial charge < -0.3 is 14.7 Å². The third kappa shape index (κ3) is 1.95. The summed E-state index contributed by atoms with van der Waals surface area (Å²) < 4.78 is 10.6. The number of aromatic nitrogens is 2. The van der Waals surface area contributed by atoms with Gasteiger partial charge in [-0.3, -0.25) is 0 Å². The monoisotopic (exact) mass is 291 g/mol. The van der Waals surface area contributed by atoms with E-state index in [0.29, 0.717) is 16.8 Å². The minimum atomic E-state index is 0.240. The molecule has 0 spiro atoms. The third-order valence-corrected chi connectivity index (χ3v) is 3.61. The van der Waals surface area contributed by atoms with Crippen LogP contribution in [0, 0.1) is 6.92 Å². The Bertz CT molecular complexity index is 938. The highest BCUT2D eigenvalue weighted by Crippen LogP contribution is 2.35. The van der Waals surface area contributed by atoms with E-state index in [9.17, 15) is 0 Å². The largest absolute Gasteiger partial charge is 0.464 e. The van der Waals surface area contributed by atoms with E-state index in [-0.39, 0.29) is 5.88 Å². The molecule has 2 N–H and O–H groups in total. The number of nitrogen functional groups attached to an aromatic ring is 1. The van der Waals surface area contributed by atoms with Gasteiger partial charge in [0.15, 0.2) is 0 Å². The summed E-state index contributed by atoms with van der Waals surface area (Å²) in [4.78, 5) is 4.54. The molecule has 0 aliphatic rings. The third-order valence-electron chi connectivity index (χ3n) is 3.61. The van der Waals surface area contributed by atoms with Gasteiger partial charge in [-0.05, 0) is 25.1 Å². The molecule has 1 aromatic carbocycles. The summed E-state index contributed by atoms with van der Waals surface area (Å²) in [5.41, 5.74) is 10.2. The molecule has 0 saturated carbocycles. The zero-order chi connectivity index (χ0) is 15.1. The van der Waals surface area contributed by atoms with Crippen molar-refractivity contribution in [3.05, 3.63) is 54.3 Å². The van der Waals surface area contributed by atoms with Crippen LogP contribution < -0.4 is 5.73 Å². The Labute approximate surface area is 126 Å². The van der Waals surface area contributed by atoms with E-state index in [1.807, 2.05) is 49.4 Å². The molecule has 0 atom stereocenters. The first kappa shape index (κ1) is 12.6. The molecule has 0 bridgehead atoms. The highest BCUT2D eigenvalue weighted by molar-refractivity contribution is 5.99. The van der Waals surface area contributed by atoms with Crippen molar-refractivity contribution in [2.75, 3.05) is 5.73 Å². The molecule has 0 fully saturated rings. The van der Waals surface area contributed by atoms with E-state index in [1.54, 1.807) is 6.26 Å². The highest BCUT2D eigenvalue weighted by atomic mass is 16.5. The number of benzene rings is 1. The van der Waals surface area contributed by atoms with Crippen molar-refractivity contribution < 1.29 is 8.94 Å². The summed E-state index contributed by atoms with van der Waals surface area (Å²) >= 11 is 0. The standard InChI is InChI=1S/C17H13N3O2/c1-10-4-6-11(7-5-10)13-9-12(14-3-2-8-21-14)15-16(18)22-20-17(15)19-13/h2-9H,18H2,1H3. The van der Waals surface area contributed by atoms with Crippen molar-refractivity contribution in [2.24, 2.45) is 0 Å². The van der Waals surface area contributed by atoms with Crippen molar-refractivity contribution in [3.8, 4) is 22.6 Å². The van der Waals surface area contributed by atoms with Crippen LogP contribution in [0.2, 0.25) is 0 Å². The van der Waals surface area contributed by atoms with Gasteiger partial charge in [-0.15, -0.1) is 0 Å². The molecule has 4 rings (SSSR count). The number of nitrogens with two attached hydrogens (primary N) is 1. The zero-order valence-electron chi connectivity index (χ0n) is 11.9. The Morgan fingerprint density at radius 1 is 1.09 bits per heavy atom. The van der Waals surface area contributed by atoms with Crippen LogP contribution in [-0.4, -0.2) is 10.1 Å². The summed E-state index contributed by atoms with van der Waals surface area (Å²) in [5.74, 6) is 0.944. The quantitative estimate of drug-likeness (QED) is 0.603. The fraction of sp³-hybridized carbons (Fsp3) is 0.0588. The van der Waals surface area contributed by atoms with Crippen molar-refractivity contribution >= 4 is 16.9 Å². The van der Waals surface area contributed by atoms with Gasteiger partial charge in [0.1, 0.15) is 5.76 Å². The maximum atomic E-state index is 5.88. The molecule has 0 unspecified atom stereocenters. The molecule has 3 aromatic heterocycles. The van der Waals surface area contributed by atoms with Gasteiger partial charge in [0.05, 0.1) is 17.3 Å². The molecule has 5 nitrogen and oxygen atoms in total. The van der Waals surface area contributed by atoms with Crippen LogP contribution in [0.25, 0.3) is 33.6 Å². The van der Waals surface area contributed by atoms with Crippen LogP contribution in [0.1, 0.15) is 5.56 Å². The first-order valence-corrected chi connectivity index (χ1v) is 6.89. The van der Waals surface area contributed by atoms with Gasteiger partial charge in [-0.2, -0.15) is 0 Å². The first-order chi connectivity index (χ1) is 10.7. The lowest BCUT2D eigenvalue weighted by atomic mass is 10.0. The molecule has 0 aliphatic heterocycles. The Hall–Kier alpha value is -3.08. The molecule has 0 aliphatic carbocycles. The molecular formula is C17H13N3O2. The molecule has 0 radical (unpaired) electrons. The Morgan fingerprint density at radius 3 is 2.64 bits per heavy atom. The minimum Gasteiger partial charge on any atom is -0.464 e. The first-order valence-electron chi connectivity index (χ1n) is 6.89. The van der Waals surface area contributed by atoms with E-state index in [0.717, 1.165) is 16.8 Å². The van der Waals surface area contributed by atoms with Gasteiger partial charge in [0.25, 0.3) is 0 Å². The van der Waals surface area contributed by atoms with E-state index in [4.69, 9.17) is 14.7 Å². The van der Waals surface area contributed by atoms with Crippen LogP contribution in [0.5, 0.6) is 0 Å². The molecule has 108 valence electrons.